The van der Waals surface area contributed by atoms with E-state index >= 15 is 0 Å². The summed E-state index contributed by atoms with van der Waals surface area (Å²) in [5, 5.41) is 1.04. The first-order chi connectivity index (χ1) is 16.2. The molecular formula is C27H31N5O. The van der Waals surface area contributed by atoms with Crippen LogP contribution in [0.15, 0.2) is 61.2 Å². The number of aromatic nitrogens is 4. The van der Waals surface area contributed by atoms with Crippen LogP contribution in [-0.4, -0.2) is 44.1 Å². The zero-order chi connectivity index (χ0) is 22.6. The normalized spacial score (nSPS) is 16.8. The maximum Gasteiger partial charge on any atom is 0.226 e. The summed E-state index contributed by atoms with van der Waals surface area (Å²) in [7, 11) is 0. The number of hydrogen-bond donors (Lipinski definition) is 0. The van der Waals surface area contributed by atoms with Crippen molar-refractivity contribution in [1.29, 1.82) is 0 Å². The van der Waals surface area contributed by atoms with E-state index in [1.165, 1.54) is 35.2 Å². The lowest BCUT2D eigenvalue weighted by Crippen LogP contribution is -2.37. The molecule has 1 aliphatic heterocycles. The SMILES string of the molecule is Cc1c(C)n(Cc2ccccc2)c2ncnc(OCC3CCCN(Cc4cccnc4)C3)c12. The Bertz CT molecular complexity index is 1210. The van der Waals surface area contributed by atoms with Gasteiger partial charge in [-0.05, 0) is 56.0 Å². The molecule has 0 bridgehead atoms. The van der Waals surface area contributed by atoms with Gasteiger partial charge in [0.05, 0.1) is 12.0 Å². The van der Waals surface area contributed by atoms with Crippen LogP contribution >= 0.6 is 0 Å². The van der Waals surface area contributed by atoms with Crippen molar-refractivity contribution in [3.05, 3.63) is 83.6 Å². The van der Waals surface area contributed by atoms with Crippen molar-refractivity contribution in [1.82, 2.24) is 24.4 Å². The van der Waals surface area contributed by atoms with E-state index < -0.39 is 0 Å². The number of hydrogen-bond acceptors (Lipinski definition) is 5. The van der Waals surface area contributed by atoms with Gasteiger partial charge in [0.2, 0.25) is 5.88 Å². The predicted octanol–water partition coefficient (Wildman–Crippen LogP) is 4.78. The molecule has 0 aliphatic carbocycles. The van der Waals surface area contributed by atoms with E-state index in [2.05, 4.69) is 68.6 Å². The van der Waals surface area contributed by atoms with Crippen LogP contribution < -0.4 is 4.74 Å². The van der Waals surface area contributed by atoms with Crippen LogP contribution in [0.1, 0.15) is 35.2 Å². The van der Waals surface area contributed by atoms with Gasteiger partial charge in [0.15, 0.2) is 0 Å². The molecule has 1 aromatic carbocycles. The first kappa shape index (κ1) is 21.6. The van der Waals surface area contributed by atoms with Crippen LogP contribution in [0, 0.1) is 19.8 Å². The highest BCUT2D eigenvalue weighted by Crippen LogP contribution is 2.31. The van der Waals surface area contributed by atoms with Crippen molar-refractivity contribution in [3.8, 4) is 5.88 Å². The monoisotopic (exact) mass is 441 g/mol. The molecule has 0 saturated carbocycles. The van der Waals surface area contributed by atoms with Crippen molar-refractivity contribution in [2.24, 2.45) is 5.92 Å². The molecule has 33 heavy (non-hydrogen) atoms. The van der Waals surface area contributed by atoms with Gasteiger partial charge in [-0.1, -0.05) is 36.4 Å². The summed E-state index contributed by atoms with van der Waals surface area (Å²) in [5.41, 5.74) is 5.87. The van der Waals surface area contributed by atoms with Gasteiger partial charge in [0.25, 0.3) is 0 Å². The van der Waals surface area contributed by atoms with Gasteiger partial charge in [0, 0.05) is 43.6 Å². The summed E-state index contributed by atoms with van der Waals surface area (Å²) in [5.74, 6) is 1.20. The molecule has 1 saturated heterocycles. The molecule has 4 heterocycles. The van der Waals surface area contributed by atoms with Crippen LogP contribution in [0.25, 0.3) is 11.0 Å². The summed E-state index contributed by atoms with van der Waals surface area (Å²) in [6.45, 7) is 8.88. The Hall–Kier alpha value is -3.25. The van der Waals surface area contributed by atoms with Crippen LogP contribution in [0.2, 0.25) is 0 Å². The topological polar surface area (TPSA) is 56.1 Å². The highest BCUT2D eigenvalue weighted by Gasteiger charge is 2.23. The number of piperidine rings is 1. The number of rotatable bonds is 7. The Morgan fingerprint density at radius 3 is 2.67 bits per heavy atom. The average Bonchev–Trinajstić information content (AvgIpc) is 3.09. The van der Waals surface area contributed by atoms with E-state index in [-0.39, 0.29) is 0 Å². The maximum absolute atomic E-state index is 6.35. The summed E-state index contributed by atoms with van der Waals surface area (Å²) >= 11 is 0. The molecule has 5 rings (SSSR count). The van der Waals surface area contributed by atoms with Crippen molar-refractivity contribution < 1.29 is 4.74 Å². The number of benzene rings is 1. The van der Waals surface area contributed by atoms with E-state index in [9.17, 15) is 0 Å². The number of nitrogens with zero attached hydrogens (tertiary/aromatic N) is 5. The minimum absolute atomic E-state index is 0.494. The van der Waals surface area contributed by atoms with Gasteiger partial charge >= 0.3 is 0 Å². The Kier molecular flexibility index (Phi) is 6.35. The molecule has 0 N–H and O–H groups in total. The third kappa shape index (κ3) is 4.76. The highest BCUT2D eigenvalue weighted by atomic mass is 16.5. The highest BCUT2D eigenvalue weighted by molar-refractivity contribution is 5.86. The van der Waals surface area contributed by atoms with Crippen LogP contribution in [0.4, 0.5) is 0 Å². The Labute approximate surface area is 195 Å². The maximum atomic E-state index is 6.35. The minimum Gasteiger partial charge on any atom is -0.477 e. The molecule has 1 fully saturated rings. The quantitative estimate of drug-likeness (QED) is 0.413. The fourth-order valence-corrected chi connectivity index (χ4v) is 4.88. The Balaban J connectivity index is 1.30. The lowest BCUT2D eigenvalue weighted by molar-refractivity contribution is 0.123. The van der Waals surface area contributed by atoms with Gasteiger partial charge in [0.1, 0.15) is 12.0 Å². The molecule has 0 amide bonds. The summed E-state index contributed by atoms with van der Waals surface area (Å²) < 4.78 is 8.62. The third-order valence-electron chi connectivity index (χ3n) is 6.74. The fourth-order valence-electron chi connectivity index (χ4n) is 4.88. The molecule has 0 spiro atoms. The van der Waals surface area contributed by atoms with Crippen LogP contribution in [0.3, 0.4) is 0 Å². The minimum atomic E-state index is 0.494. The van der Waals surface area contributed by atoms with E-state index in [4.69, 9.17) is 4.74 Å². The van der Waals surface area contributed by atoms with Gasteiger partial charge < -0.3 is 9.30 Å². The molecule has 3 aromatic heterocycles. The second-order valence-corrected chi connectivity index (χ2v) is 9.08. The molecule has 1 atom stereocenters. The molecule has 4 aromatic rings. The van der Waals surface area contributed by atoms with Gasteiger partial charge in [-0.2, -0.15) is 0 Å². The van der Waals surface area contributed by atoms with Crippen molar-refractivity contribution >= 4 is 11.0 Å². The second-order valence-electron chi connectivity index (χ2n) is 9.08. The standard InChI is InChI=1S/C27H31N5O/c1-20-21(2)32(17-22-8-4-3-5-9-22)26-25(20)27(30-19-29-26)33-18-24-11-7-13-31(16-24)15-23-10-6-12-28-14-23/h3-6,8-10,12,14,19,24H,7,11,13,15-18H2,1-2H3. The molecule has 6 heteroatoms. The average molecular weight is 442 g/mol. The third-order valence-corrected chi connectivity index (χ3v) is 6.74. The number of fused-ring (bicyclic) bond motifs is 1. The van der Waals surface area contributed by atoms with Gasteiger partial charge in [-0.15, -0.1) is 0 Å². The fraction of sp³-hybridized carbons (Fsp3) is 0.370. The zero-order valence-electron chi connectivity index (χ0n) is 19.4. The number of likely N-dealkylation sites (tertiary alicyclic amines) is 1. The smallest absolute Gasteiger partial charge is 0.226 e. The molecular weight excluding hydrogens is 410 g/mol. The van der Waals surface area contributed by atoms with Crippen LogP contribution in [0.5, 0.6) is 5.88 Å². The van der Waals surface area contributed by atoms with E-state index in [0.29, 0.717) is 18.4 Å². The lowest BCUT2D eigenvalue weighted by Gasteiger charge is -2.32. The first-order valence-electron chi connectivity index (χ1n) is 11.8. The van der Waals surface area contributed by atoms with Crippen LogP contribution in [-0.2, 0) is 13.1 Å². The largest absolute Gasteiger partial charge is 0.477 e. The number of ether oxygens (including phenoxy) is 1. The first-order valence-corrected chi connectivity index (χ1v) is 11.8. The molecule has 1 unspecified atom stereocenters. The van der Waals surface area contributed by atoms with Gasteiger partial charge in [-0.3, -0.25) is 9.88 Å². The molecule has 0 radical (unpaired) electrons. The predicted molar refractivity (Wildman–Crippen MR) is 130 cm³/mol. The van der Waals surface area contributed by atoms with Crippen molar-refractivity contribution in [3.63, 3.8) is 0 Å². The Morgan fingerprint density at radius 1 is 1.00 bits per heavy atom. The number of aryl methyl sites for hydroxylation is 1. The zero-order valence-corrected chi connectivity index (χ0v) is 19.4. The summed E-state index contributed by atoms with van der Waals surface area (Å²) in [6, 6.07) is 14.7. The Morgan fingerprint density at radius 2 is 1.85 bits per heavy atom. The second kappa shape index (κ2) is 9.71. The molecule has 1 aliphatic rings. The van der Waals surface area contributed by atoms with Gasteiger partial charge in [-0.25, -0.2) is 9.97 Å². The van der Waals surface area contributed by atoms with Crippen molar-refractivity contribution in [2.45, 2.75) is 39.8 Å². The van der Waals surface area contributed by atoms with E-state index in [1.807, 2.05) is 24.5 Å². The van der Waals surface area contributed by atoms with E-state index in [0.717, 1.165) is 37.2 Å². The lowest BCUT2D eigenvalue weighted by atomic mass is 9.98. The summed E-state index contributed by atoms with van der Waals surface area (Å²) in [6.07, 6.45) is 7.80. The summed E-state index contributed by atoms with van der Waals surface area (Å²) in [4.78, 5) is 15.9. The molecule has 6 nitrogen and oxygen atoms in total. The number of pyridine rings is 1. The van der Waals surface area contributed by atoms with Crippen molar-refractivity contribution in [2.75, 3.05) is 19.7 Å². The molecule has 170 valence electrons. The van der Waals surface area contributed by atoms with E-state index in [1.54, 1.807) is 6.33 Å².